The van der Waals surface area contributed by atoms with E-state index in [0.29, 0.717) is 22.2 Å². The number of carbonyl (C=O) groups excluding carboxylic acids is 2. The van der Waals surface area contributed by atoms with Crippen LogP contribution < -0.4 is 0 Å². The maximum atomic E-state index is 12.6. The lowest BCUT2D eigenvalue weighted by Gasteiger charge is -2.38. The van der Waals surface area contributed by atoms with Gasteiger partial charge in [0.15, 0.2) is 0 Å². The Labute approximate surface area is 183 Å². The number of hydrogen-bond acceptors (Lipinski definition) is 4. The predicted octanol–water partition coefficient (Wildman–Crippen LogP) is 5.60. The fraction of sp³-hybridized carbons (Fsp3) is 0.545. The quantitative estimate of drug-likeness (QED) is 0.206. The molecule has 0 spiro atoms. The van der Waals surface area contributed by atoms with Crippen molar-refractivity contribution < 1.29 is 19.1 Å². The van der Waals surface area contributed by atoms with Crippen LogP contribution in [0.5, 0.6) is 0 Å². The third-order valence-electron chi connectivity index (χ3n) is 5.11. The summed E-state index contributed by atoms with van der Waals surface area (Å²) in [7, 11) is -2.06. The molecule has 0 bridgehead atoms. The van der Waals surface area contributed by atoms with Gasteiger partial charge < -0.3 is 9.47 Å². The van der Waals surface area contributed by atoms with Crippen molar-refractivity contribution in [1.29, 1.82) is 0 Å². The van der Waals surface area contributed by atoms with E-state index in [1.165, 1.54) is 0 Å². The number of halogens is 1. The minimum absolute atomic E-state index is 0.207. The molecule has 1 aromatic rings. The van der Waals surface area contributed by atoms with Crippen molar-refractivity contribution in [1.82, 2.24) is 0 Å². The van der Waals surface area contributed by atoms with Crippen molar-refractivity contribution in [2.75, 3.05) is 6.61 Å². The molecule has 0 aliphatic carbocycles. The van der Waals surface area contributed by atoms with Gasteiger partial charge in [-0.1, -0.05) is 59.6 Å². The number of esters is 2. The zero-order chi connectivity index (χ0) is 21.5. The van der Waals surface area contributed by atoms with Crippen molar-refractivity contribution in [3.8, 4) is 11.5 Å². The summed E-state index contributed by atoms with van der Waals surface area (Å²) in [5.74, 6) is 1.82. The Hall–Kier alpha value is -1.33. The second-order valence-electron chi connectivity index (χ2n) is 7.68. The molecule has 0 aliphatic heterocycles. The van der Waals surface area contributed by atoms with Gasteiger partial charge in [0.2, 0.25) is 0 Å². The standard InChI is InChI=1S/C22H31IO4Si/c1-8-26-22(25)20(27-21(24)18-11-9-10-12-19(18)23)13-14-28(15(2)3,16(4)5)17(6)7/h9-12,15-17,20H,8H2,1-7H3. The Morgan fingerprint density at radius 2 is 1.57 bits per heavy atom. The molecule has 0 N–H and O–H groups in total. The average Bonchev–Trinajstić information content (AvgIpc) is 2.60. The average molecular weight is 514 g/mol. The lowest BCUT2D eigenvalue weighted by atomic mass is 10.2. The third-order valence-corrected chi connectivity index (χ3v) is 12.4. The highest BCUT2D eigenvalue weighted by molar-refractivity contribution is 14.1. The van der Waals surface area contributed by atoms with Gasteiger partial charge in [-0.3, -0.25) is 0 Å². The van der Waals surface area contributed by atoms with Crippen LogP contribution >= 0.6 is 22.6 Å². The second-order valence-corrected chi connectivity index (χ2v) is 14.4. The van der Waals surface area contributed by atoms with Crippen LogP contribution in [0.2, 0.25) is 16.6 Å². The summed E-state index contributed by atoms with van der Waals surface area (Å²) in [6.45, 7) is 15.1. The molecular weight excluding hydrogens is 483 g/mol. The van der Waals surface area contributed by atoms with Gasteiger partial charge >= 0.3 is 11.9 Å². The lowest BCUT2D eigenvalue weighted by molar-refractivity contribution is -0.150. The minimum atomic E-state index is -2.06. The van der Waals surface area contributed by atoms with Gasteiger partial charge in [-0.05, 0) is 58.3 Å². The molecular formula is C22H31IO4Si. The zero-order valence-electron chi connectivity index (χ0n) is 17.8. The topological polar surface area (TPSA) is 52.6 Å². The van der Waals surface area contributed by atoms with E-state index in [4.69, 9.17) is 9.47 Å². The molecule has 1 rings (SSSR count). The summed E-state index contributed by atoms with van der Waals surface area (Å²) in [5.41, 5.74) is 5.10. The molecule has 1 atom stereocenters. The van der Waals surface area contributed by atoms with Gasteiger partial charge in [-0.2, -0.15) is 0 Å². The second kappa shape index (κ2) is 11.0. The Kier molecular flexibility index (Phi) is 9.71. The van der Waals surface area contributed by atoms with Crippen LogP contribution in [0.15, 0.2) is 24.3 Å². The molecule has 0 aliphatic rings. The molecule has 0 radical (unpaired) electrons. The highest BCUT2D eigenvalue weighted by Crippen LogP contribution is 2.40. The van der Waals surface area contributed by atoms with Gasteiger partial charge in [0.25, 0.3) is 6.10 Å². The molecule has 4 nitrogen and oxygen atoms in total. The molecule has 0 heterocycles. The first-order valence-corrected chi connectivity index (χ1v) is 13.0. The van der Waals surface area contributed by atoms with Crippen LogP contribution in [0.3, 0.4) is 0 Å². The van der Waals surface area contributed by atoms with E-state index in [-0.39, 0.29) is 6.61 Å². The fourth-order valence-electron chi connectivity index (χ4n) is 3.78. The van der Waals surface area contributed by atoms with Crippen molar-refractivity contribution in [2.24, 2.45) is 0 Å². The summed E-state index contributed by atoms with van der Waals surface area (Å²) in [4.78, 5) is 25.1. The number of ether oxygens (including phenoxy) is 2. The third kappa shape index (κ3) is 5.83. The largest absolute Gasteiger partial charge is 0.462 e. The van der Waals surface area contributed by atoms with Crippen molar-refractivity contribution in [3.05, 3.63) is 33.4 Å². The highest BCUT2D eigenvalue weighted by Gasteiger charge is 2.42. The number of carbonyl (C=O) groups is 2. The first kappa shape index (κ1) is 24.7. The number of hydrogen-bond donors (Lipinski definition) is 0. The summed E-state index contributed by atoms with van der Waals surface area (Å²) in [5, 5.41) is 0. The van der Waals surface area contributed by atoms with Crippen molar-refractivity contribution in [2.45, 2.75) is 71.2 Å². The van der Waals surface area contributed by atoms with Gasteiger partial charge in [-0.15, -0.1) is 5.54 Å². The molecule has 6 heteroatoms. The molecule has 1 unspecified atom stereocenters. The van der Waals surface area contributed by atoms with E-state index in [2.05, 4.69) is 75.6 Å². The predicted molar refractivity (Wildman–Crippen MR) is 124 cm³/mol. The number of benzene rings is 1. The van der Waals surface area contributed by atoms with E-state index in [1.54, 1.807) is 19.1 Å². The Morgan fingerprint density at radius 1 is 1.04 bits per heavy atom. The monoisotopic (exact) mass is 514 g/mol. The normalized spacial score (nSPS) is 12.5. The molecule has 0 fully saturated rings. The lowest BCUT2D eigenvalue weighted by Crippen LogP contribution is -2.43. The molecule has 0 aromatic heterocycles. The smallest absolute Gasteiger partial charge is 0.360 e. The number of rotatable bonds is 7. The molecule has 0 saturated carbocycles. The fourth-order valence-corrected chi connectivity index (χ4v) is 9.63. The van der Waals surface area contributed by atoms with E-state index in [1.807, 2.05) is 12.1 Å². The summed E-state index contributed by atoms with van der Waals surface area (Å²) >= 11 is 2.07. The zero-order valence-corrected chi connectivity index (χ0v) is 21.0. The first-order chi connectivity index (χ1) is 13.1. The summed E-state index contributed by atoms with van der Waals surface area (Å²) < 4.78 is 11.4. The van der Waals surface area contributed by atoms with Gasteiger partial charge in [0.05, 0.1) is 12.2 Å². The molecule has 28 heavy (non-hydrogen) atoms. The highest BCUT2D eigenvalue weighted by atomic mass is 127. The minimum Gasteiger partial charge on any atom is -0.462 e. The molecule has 154 valence electrons. The van der Waals surface area contributed by atoms with Crippen molar-refractivity contribution in [3.63, 3.8) is 0 Å². The van der Waals surface area contributed by atoms with Crippen LogP contribution in [0.25, 0.3) is 0 Å². The Bertz CT molecular complexity index is 725. The summed E-state index contributed by atoms with van der Waals surface area (Å²) in [6.07, 6.45) is -1.22. The van der Waals surface area contributed by atoms with Crippen molar-refractivity contribution >= 4 is 42.6 Å². The van der Waals surface area contributed by atoms with Gasteiger partial charge in [-0.25, -0.2) is 9.59 Å². The molecule has 1 aromatic carbocycles. The Balaban J connectivity index is 3.30. The van der Waals surface area contributed by atoms with Crippen LogP contribution in [-0.2, 0) is 14.3 Å². The van der Waals surface area contributed by atoms with Crippen LogP contribution in [-0.4, -0.2) is 32.7 Å². The van der Waals surface area contributed by atoms with Gasteiger partial charge in [0, 0.05) is 3.57 Å². The van der Waals surface area contributed by atoms with E-state index >= 15 is 0 Å². The molecule has 0 amide bonds. The van der Waals surface area contributed by atoms with Gasteiger partial charge in [0.1, 0.15) is 8.07 Å². The maximum Gasteiger partial charge on any atom is 0.360 e. The SMILES string of the molecule is CCOC(=O)C(C#C[Si](C(C)C)(C(C)C)C(C)C)OC(=O)c1ccccc1I. The van der Waals surface area contributed by atoms with Crippen LogP contribution in [0, 0.1) is 15.0 Å². The van der Waals surface area contributed by atoms with E-state index in [9.17, 15) is 9.59 Å². The molecule has 0 saturated heterocycles. The van der Waals surface area contributed by atoms with E-state index in [0.717, 1.165) is 3.57 Å². The van der Waals surface area contributed by atoms with Crippen LogP contribution in [0.4, 0.5) is 0 Å². The van der Waals surface area contributed by atoms with Crippen LogP contribution in [0.1, 0.15) is 58.8 Å². The Morgan fingerprint density at radius 3 is 2.04 bits per heavy atom. The van der Waals surface area contributed by atoms with E-state index < -0.39 is 26.1 Å². The maximum absolute atomic E-state index is 12.6. The first-order valence-electron chi connectivity index (χ1n) is 9.72. The summed E-state index contributed by atoms with van der Waals surface area (Å²) in [6, 6.07) is 7.10.